The van der Waals surface area contributed by atoms with E-state index in [1.165, 1.54) is 26.2 Å². The van der Waals surface area contributed by atoms with Crippen molar-refractivity contribution in [2.45, 2.75) is 13.0 Å². The Morgan fingerprint density at radius 1 is 1.39 bits per heavy atom. The Labute approximate surface area is 103 Å². The molecular weight excluding hydrogens is 238 g/mol. The Balaban J connectivity index is 2.33. The van der Waals surface area contributed by atoms with Crippen LogP contribution in [0.2, 0.25) is 0 Å². The lowest BCUT2D eigenvalue weighted by molar-refractivity contribution is -0.152. The van der Waals surface area contributed by atoms with Crippen molar-refractivity contribution in [1.82, 2.24) is 0 Å². The van der Waals surface area contributed by atoms with Crippen molar-refractivity contribution in [3.8, 4) is 5.75 Å². The lowest BCUT2D eigenvalue weighted by atomic mass is 10.1. The third-order valence-corrected chi connectivity index (χ3v) is 2.54. The van der Waals surface area contributed by atoms with E-state index >= 15 is 0 Å². The number of rotatable bonds is 2. The van der Waals surface area contributed by atoms with Gasteiger partial charge in [0.1, 0.15) is 5.75 Å². The number of hydrogen-bond acceptors (Lipinski definition) is 5. The molecule has 1 aliphatic rings. The lowest BCUT2D eigenvalue weighted by Gasteiger charge is -2.24. The van der Waals surface area contributed by atoms with Crippen LogP contribution in [0.5, 0.6) is 5.75 Å². The number of nitrogens with one attached hydrogen (secondary N) is 1. The highest BCUT2D eigenvalue weighted by Gasteiger charge is 2.34. The number of methoxy groups -OCH3 is 1. The Morgan fingerprint density at radius 3 is 2.72 bits per heavy atom. The Bertz CT molecular complexity index is 537. The Kier molecular flexibility index (Phi) is 3.01. The van der Waals surface area contributed by atoms with Gasteiger partial charge in [-0.1, -0.05) is 0 Å². The fourth-order valence-electron chi connectivity index (χ4n) is 1.59. The minimum atomic E-state index is -1.31. The van der Waals surface area contributed by atoms with Crippen LogP contribution in [0.3, 0.4) is 0 Å². The van der Waals surface area contributed by atoms with Crippen LogP contribution in [0, 0.1) is 0 Å². The molecule has 1 atom stereocenters. The van der Waals surface area contributed by atoms with Crippen molar-refractivity contribution in [3.63, 3.8) is 0 Å². The molecule has 1 aliphatic heterocycles. The molecule has 0 radical (unpaired) electrons. The molecule has 2 rings (SSSR count). The van der Waals surface area contributed by atoms with Crippen LogP contribution in [0.4, 0.5) is 5.69 Å². The second-order valence-corrected chi connectivity index (χ2v) is 3.78. The average Bonchev–Trinajstić information content (AvgIpc) is 2.36. The summed E-state index contributed by atoms with van der Waals surface area (Å²) in [7, 11) is 1.17. The van der Waals surface area contributed by atoms with Crippen LogP contribution >= 0.6 is 0 Å². The van der Waals surface area contributed by atoms with Gasteiger partial charge in [-0.2, -0.15) is 0 Å². The number of carbonyl (C=O) groups is 3. The zero-order valence-corrected chi connectivity index (χ0v) is 9.85. The van der Waals surface area contributed by atoms with Crippen molar-refractivity contribution in [2.24, 2.45) is 0 Å². The van der Waals surface area contributed by atoms with E-state index in [4.69, 9.17) is 4.74 Å². The molecule has 0 fully saturated rings. The molecule has 1 aromatic rings. The van der Waals surface area contributed by atoms with Gasteiger partial charge < -0.3 is 14.8 Å². The van der Waals surface area contributed by atoms with Gasteiger partial charge in [-0.3, -0.25) is 9.59 Å². The third kappa shape index (κ3) is 2.04. The first kappa shape index (κ1) is 12.1. The molecule has 6 heteroatoms. The number of esters is 1. The van der Waals surface area contributed by atoms with Crippen LogP contribution in [-0.4, -0.2) is 30.9 Å². The molecule has 0 bridgehead atoms. The standard InChI is InChI=1S/C12H11NO5/c1-6(14)7-3-4-9-8(5-7)13-11(15)10(18-9)12(16)17-2/h3-5,10H,1-2H3,(H,13,15)/t10-/m0/s1. The normalized spacial score (nSPS) is 17.2. The predicted molar refractivity (Wildman–Crippen MR) is 61.5 cm³/mol. The van der Waals surface area contributed by atoms with Gasteiger partial charge in [0.05, 0.1) is 12.8 Å². The van der Waals surface area contributed by atoms with Crippen molar-refractivity contribution in [2.75, 3.05) is 12.4 Å². The van der Waals surface area contributed by atoms with Crippen LogP contribution in [-0.2, 0) is 14.3 Å². The van der Waals surface area contributed by atoms with E-state index in [9.17, 15) is 14.4 Å². The minimum Gasteiger partial charge on any atom is -0.466 e. The summed E-state index contributed by atoms with van der Waals surface area (Å²) >= 11 is 0. The molecule has 0 saturated carbocycles. The van der Waals surface area contributed by atoms with Crippen LogP contribution < -0.4 is 10.1 Å². The van der Waals surface area contributed by atoms with Gasteiger partial charge in [0.25, 0.3) is 12.0 Å². The summed E-state index contributed by atoms with van der Waals surface area (Å²) in [5.74, 6) is -1.18. The molecule has 0 spiro atoms. The first-order chi connectivity index (χ1) is 8.52. The number of carbonyl (C=O) groups excluding carboxylic acids is 3. The molecule has 0 saturated heterocycles. The Hall–Kier alpha value is -2.37. The minimum absolute atomic E-state index is 0.123. The largest absolute Gasteiger partial charge is 0.466 e. The maximum absolute atomic E-state index is 11.6. The number of ether oxygens (including phenoxy) is 2. The molecule has 0 aliphatic carbocycles. The summed E-state index contributed by atoms with van der Waals surface area (Å²) < 4.78 is 9.69. The predicted octanol–water partition coefficient (Wildman–Crippen LogP) is 0.762. The highest BCUT2D eigenvalue weighted by Crippen LogP contribution is 2.30. The zero-order chi connectivity index (χ0) is 13.3. The molecule has 18 heavy (non-hydrogen) atoms. The van der Waals surface area contributed by atoms with Gasteiger partial charge in [0, 0.05) is 5.56 Å². The summed E-state index contributed by atoms with van der Waals surface area (Å²) in [6.07, 6.45) is -1.31. The summed E-state index contributed by atoms with van der Waals surface area (Å²) in [5.41, 5.74) is 0.821. The average molecular weight is 249 g/mol. The monoisotopic (exact) mass is 249 g/mol. The molecule has 6 nitrogen and oxygen atoms in total. The van der Waals surface area contributed by atoms with Gasteiger partial charge in [0.2, 0.25) is 0 Å². The number of fused-ring (bicyclic) bond motifs is 1. The summed E-state index contributed by atoms with van der Waals surface area (Å²) in [6.45, 7) is 1.42. The van der Waals surface area contributed by atoms with Crippen LogP contribution in [0.15, 0.2) is 18.2 Å². The maximum Gasteiger partial charge on any atom is 0.357 e. The Morgan fingerprint density at radius 2 is 2.11 bits per heavy atom. The SMILES string of the molecule is COC(=O)[C@H]1Oc2ccc(C(C)=O)cc2NC1=O. The summed E-state index contributed by atoms with van der Waals surface area (Å²) in [4.78, 5) is 34.1. The number of ketones is 1. The fraction of sp³-hybridized carbons (Fsp3) is 0.250. The van der Waals surface area contributed by atoms with Crippen LogP contribution in [0.25, 0.3) is 0 Å². The highest BCUT2D eigenvalue weighted by molar-refractivity contribution is 6.10. The smallest absolute Gasteiger partial charge is 0.357 e. The molecule has 94 valence electrons. The topological polar surface area (TPSA) is 81.7 Å². The molecular formula is C12H11NO5. The van der Waals surface area contributed by atoms with Crippen molar-refractivity contribution in [3.05, 3.63) is 23.8 Å². The van der Waals surface area contributed by atoms with Gasteiger partial charge in [-0.05, 0) is 25.1 Å². The van der Waals surface area contributed by atoms with E-state index in [2.05, 4.69) is 10.1 Å². The van der Waals surface area contributed by atoms with Gasteiger partial charge in [-0.25, -0.2) is 4.79 Å². The number of hydrogen-bond donors (Lipinski definition) is 1. The number of anilines is 1. The van der Waals surface area contributed by atoms with Crippen LogP contribution in [0.1, 0.15) is 17.3 Å². The number of Topliss-reactive ketones (excluding diaryl/α,β-unsaturated/α-hetero) is 1. The van der Waals surface area contributed by atoms with Crippen molar-refractivity contribution < 1.29 is 23.9 Å². The van der Waals surface area contributed by atoms with E-state index in [1.54, 1.807) is 6.07 Å². The number of benzene rings is 1. The lowest BCUT2D eigenvalue weighted by Crippen LogP contribution is -2.43. The van der Waals surface area contributed by atoms with Gasteiger partial charge >= 0.3 is 5.97 Å². The maximum atomic E-state index is 11.6. The molecule has 1 amide bonds. The summed E-state index contributed by atoms with van der Waals surface area (Å²) in [6, 6.07) is 4.59. The van der Waals surface area contributed by atoms with E-state index in [0.29, 0.717) is 17.0 Å². The van der Waals surface area contributed by atoms with Crippen molar-refractivity contribution in [1.29, 1.82) is 0 Å². The van der Waals surface area contributed by atoms with E-state index < -0.39 is 18.0 Å². The first-order valence-corrected chi connectivity index (χ1v) is 5.23. The molecule has 1 N–H and O–H groups in total. The van der Waals surface area contributed by atoms with Gasteiger partial charge in [-0.15, -0.1) is 0 Å². The summed E-state index contributed by atoms with van der Waals surface area (Å²) in [5, 5.41) is 2.50. The van der Waals surface area contributed by atoms with E-state index in [-0.39, 0.29) is 5.78 Å². The quantitative estimate of drug-likeness (QED) is 0.475. The zero-order valence-electron chi connectivity index (χ0n) is 9.85. The second kappa shape index (κ2) is 4.48. The van der Waals surface area contributed by atoms with Crippen molar-refractivity contribution >= 4 is 23.3 Å². The first-order valence-electron chi connectivity index (χ1n) is 5.23. The second-order valence-electron chi connectivity index (χ2n) is 3.78. The molecule has 1 aromatic carbocycles. The van der Waals surface area contributed by atoms with Gasteiger partial charge in [0.15, 0.2) is 5.78 Å². The van der Waals surface area contributed by atoms with E-state index in [1.807, 2.05) is 0 Å². The molecule has 1 heterocycles. The fourth-order valence-corrected chi connectivity index (χ4v) is 1.59. The molecule has 0 unspecified atom stereocenters. The number of amides is 1. The third-order valence-electron chi connectivity index (χ3n) is 2.54. The highest BCUT2D eigenvalue weighted by atomic mass is 16.6. The van der Waals surface area contributed by atoms with E-state index in [0.717, 1.165) is 0 Å². The molecule has 0 aromatic heterocycles.